The number of nitrogens with zero attached hydrogens (tertiary/aromatic N) is 1. The fourth-order valence-electron chi connectivity index (χ4n) is 1.30. The standard InChI is InChI=1S/C10H8NO/c1-7-3-2-4-8-9(12)5-6-11-10(7)8/h2-6H,1H3. The summed E-state index contributed by atoms with van der Waals surface area (Å²) in [5.41, 5.74) is 1.86. The molecule has 0 aliphatic rings. The molecule has 0 saturated heterocycles. The second-order valence-corrected chi connectivity index (χ2v) is 2.78. The molecule has 2 nitrogen and oxygen atoms in total. The van der Waals surface area contributed by atoms with Crippen molar-refractivity contribution in [3.63, 3.8) is 0 Å². The first-order valence-corrected chi connectivity index (χ1v) is 3.80. The Labute approximate surface area is 70.5 Å². The van der Waals surface area contributed by atoms with Crippen molar-refractivity contribution in [1.29, 1.82) is 0 Å². The maximum Gasteiger partial charge on any atom is 0.189 e. The normalized spacial score (nSPS) is 10.4. The van der Waals surface area contributed by atoms with E-state index in [4.69, 9.17) is 0 Å². The van der Waals surface area contributed by atoms with E-state index in [1.54, 1.807) is 12.3 Å². The zero-order valence-corrected chi connectivity index (χ0v) is 6.74. The molecule has 0 saturated carbocycles. The maximum absolute atomic E-state index is 11.3. The average Bonchev–Trinajstić information content (AvgIpc) is 2.07. The molecule has 0 bridgehead atoms. The molecule has 0 aliphatic carbocycles. The van der Waals surface area contributed by atoms with Crippen LogP contribution in [0.3, 0.4) is 0 Å². The van der Waals surface area contributed by atoms with E-state index < -0.39 is 0 Å². The van der Waals surface area contributed by atoms with Crippen molar-refractivity contribution >= 4 is 10.9 Å². The average molecular weight is 158 g/mol. The lowest BCUT2D eigenvalue weighted by Gasteiger charge is -1.99. The van der Waals surface area contributed by atoms with E-state index in [1.165, 1.54) is 6.07 Å². The van der Waals surface area contributed by atoms with Gasteiger partial charge in [0.2, 0.25) is 0 Å². The Morgan fingerprint density at radius 2 is 2.08 bits per heavy atom. The SMILES string of the molecule is Cc1cccc2c([O])ccnc12. The lowest BCUT2D eigenvalue weighted by molar-refractivity contribution is 0.360. The number of aromatic nitrogens is 1. The fourth-order valence-corrected chi connectivity index (χ4v) is 1.30. The summed E-state index contributed by atoms with van der Waals surface area (Å²) in [6, 6.07) is 7.12. The largest absolute Gasteiger partial charge is 0.289 e. The summed E-state index contributed by atoms with van der Waals surface area (Å²) in [5, 5.41) is 12.0. The van der Waals surface area contributed by atoms with Crippen LogP contribution in [-0.2, 0) is 5.11 Å². The van der Waals surface area contributed by atoms with Gasteiger partial charge in [-0.05, 0) is 18.6 Å². The van der Waals surface area contributed by atoms with Gasteiger partial charge < -0.3 is 0 Å². The summed E-state index contributed by atoms with van der Waals surface area (Å²) >= 11 is 0. The number of para-hydroxylation sites is 1. The molecule has 1 aromatic heterocycles. The first kappa shape index (κ1) is 7.10. The lowest BCUT2D eigenvalue weighted by atomic mass is 10.1. The molecule has 0 N–H and O–H groups in total. The van der Waals surface area contributed by atoms with E-state index in [1.807, 2.05) is 19.1 Å². The number of aryl methyl sites for hydroxylation is 1. The highest BCUT2D eigenvalue weighted by Gasteiger charge is 2.02. The Kier molecular flexibility index (Phi) is 1.47. The van der Waals surface area contributed by atoms with E-state index in [9.17, 15) is 5.11 Å². The van der Waals surface area contributed by atoms with Crippen LogP contribution in [0.4, 0.5) is 0 Å². The highest BCUT2D eigenvalue weighted by atomic mass is 16.3. The second kappa shape index (κ2) is 2.48. The predicted molar refractivity (Wildman–Crippen MR) is 46.6 cm³/mol. The van der Waals surface area contributed by atoms with Crippen LogP contribution in [0.25, 0.3) is 10.9 Å². The van der Waals surface area contributed by atoms with Crippen molar-refractivity contribution in [2.45, 2.75) is 6.92 Å². The van der Waals surface area contributed by atoms with E-state index in [0.29, 0.717) is 5.39 Å². The van der Waals surface area contributed by atoms with Crippen molar-refractivity contribution in [3.05, 3.63) is 36.0 Å². The van der Waals surface area contributed by atoms with Crippen molar-refractivity contribution in [2.24, 2.45) is 0 Å². The Morgan fingerprint density at radius 1 is 1.25 bits per heavy atom. The third-order valence-electron chi connectivity index (χ3n) is 1.93. The van der Waals surface area contributed by atoms with Crippen LogP contribution in [0, 0.1) is 6.92 Å². The first-order chi connectivity index (χ1) is 5.79. The van der Waals surface area contributed by atoms with Crippen LogP contribution in [0.2, 0.25) is 0 Å². The Balaban J connectivity index is 2.94. The molecule has 1 heterocycles. The van der Waals surface area contributed by atoms with Gasteiger partial charge in [-0.15, -0.1) is 0 Å². The van der Waals surface area contributed by atoms with Crippen molar-refractivity contribution in [3.8, 4) is 5.75 Å². The summed E-state index contributed by atoms with van der Waals surface area (Å²) < 4.78 is 0. The van der Waals surface area contributed by atoms with E-state index in [-0.39, 0.29) is 5.75 Å². The molecule has 0 unspecified atom stereocenters. The lowest BCUT2D eigenvalue weighted by Crippen LogP contribution is -1.81. The molecule has 2 heteroatoms. The fraction of sp³-hybridized carbons (Fsp3) is 0.100. The van der Waals surface area contributed by atoms with E-state index in [2.05, 4.69) is 4.98 Å². The maximum atomic E-state index is 11.3. The summed E-state index contributed by atoms with van der Waals surface area (Å²) in [7, 11) is 0. The highest BCUT2D eigenvalue weighted by molar-refractivity contribution is 5.86. The van der Waals surface area contributed by atoms with Gasteiger partial charge in [0.05, 0.1) is 5.52 Å². The molecule has 2 aromatic rings. The van der Waals surface area contributed by atoms with Crippen LogP contribution in [-0.4, -0.2) is 4.98 Å². The van der Waals surface area contributed by atoms with Crippen molar-refractivity contribution in [1.82, 2.24) is 4.98 Å². The molecule has 0 spiro atoms. The Hall–Kier alpha value is -1.57. The molecular formula is C10H8NO. The Bertz CT molecular complexity index is 382. The van der Waals surface area contributed by atoms with Gasteiger partial charge in [0.1, 0.15) is 0 Å². The van der Waals surface area contributed by atoms with Gasteiger partial charge in [-0.25, -0.2) is 0 Å². The molecule has 1 radical (unpaired) electrons. The number of pyridine rings is 1. The topological polar surface area (TPSA) is 32.8 Å². The Morgan fingerprint density at radius 3 is 2.83 bits per heavy atom. The first-order valence-electron chi connectivity index (χ1n) is 3.80. The van der Waals surface area contributed by atoms with Crippen molar-refractivity contribution < 1.29 is 5.11 Å². The van der Waals surface area contributed by atoms with E-state index in [0.717, 1.165) is 11.1 Å². The number of hydrogen-bond donors (Lipinski definition) is 0. The summed E-state index contributed by atoms with van der Waals surface area (Å²) in [4.78, 5) is 4.14. The van der Waals surface area contributed by atoms with Gasteiger partial charge in [-0.3, -0.25) is 10.1 Å². The van der Waals surface area contributed by atoms with Crippen molar-refractivity contribution in [2.75, 3.05) is 0 Å². The van der Waals surface area contributed by atoms with Gasteiger partial charge in [-0.2, -0.15) is 0 Å². The molecule has 0 amide bonds. The second-order valence-electron chi connectivity index (χ2n) is 2.78. The summed E-state index contributed by atoms with van der Waals surface area (Å²) in [6.45, 7) is 1.95. The number of benzene rings is 1. The zero-order valence-electron chi connectivity index (χ0n) is 6.74. The van der Waals surface area contributed by atoms with Crippen LogP contribution >= 0.6 is 0 Å². The molecule has 0 fully saturated rings. The monoisotopic (exact) mass is 158 g/mol. The molecule has 0 aliphatic heterocycles. The number of rotatable bonds is 0. The van der Waals surface area contributed by atoms with Gasteiger partial charge in [0.25, 0.3) is 0 Å². The predicted octanol–water partition coefficient (Wildman–Crippen LogP) is 2.69. The molecule has 59 valence electrons. The van der Waals surface area contributed by atoms with Crippen LogP contribution in [0.1, 0.15) is 5.56 Å². The highest BCUT2D eigenvalue weighted by Crippen LogP contribution is 2.24. The van der Waals surface area contributed by atoms with E-state index >= 15 is 0 Å². The van der Waals surface area contributed by atoms with Gasteiger partial charge >= 0.3 is 0 Å². The minimum Gasteiger partial charge on any atom is -0.289 e. The quantitative estimate of drug-likeness (QED) is 0.580. The zero-order chi connectivity index (χ0) is 8.55. The summed E-state index contributed by atoms with van der Waals surface area (Å²) in [5.74, 6) is 0.0451. The number of hydrogen-bond acceptors (Lipinski definition) is 1. The third-order valence-corrected chi connectivity index (χ3v) is 1.93. The third kappa shape index (κ3) is 0.925. The van der Waals surface area contributed by atoms with Gasteiger partial charge in [-0.1, -0.05) is 12.1 Å². The van der Waals surface area contributed by atoms with Gasteiger partial charge in [0.15, 0.2) is 5.75 Å². The molecule has 1 aromatic carbocycles. The van der Waals surface area contributed by atoms with Crippen LogP contribution < -0.4 is 0 Å². The molecule has 12 heavy (non-hydrogen) atoms. The van der Waals surface area contributed by atoms with Gasteiger partial charge in [0, 0.05) is 17.6 Å². The molecule has 2 rings (SSSR count). The number of fused-ring (bicyclic) bond motifs is 1. The summed E-state index contributed by atoms with van der Waals surface area (Å²) in [6.07, 6.45) is 1.55. The minimum atomic E-state index is 0.0451. The molecular weight excluding hydrogens is 150 g/mol. The van der Waals surface area contributed by atoms with Crippen LogP contribution in [0.5, 0.6) is 5.75 Å². The molecule has 0 atom stereocenters. The minimum absolute atomic E-state index is 0.0451. The smallest absolute Gasteiger partial charge is 0.189 e. The van der Waals surface area contributed by atoms with Crippen LogP contribution in [0.15, 0.2) is 30.5 Å².